The quantitative estimate of drug-likeness (QED) is 0.802. The third kappa shape index (κ3) is 2.53. The highest BCUT2D eigenvalue weighted by atomic mass is 19.1. The average Bonchev–Trinajstić information content (AvgIpc) is 3.29. The number of nitrogens with one attached hydrogen (secondary N) is 1. The number of nitrogens with two attached hydrogens (primary N) is 1. The normalized spacial score (nSPS) is 26.3. The van der Waals surface area contributed by atoms with Crippen LogP contribution in [0.25, 0.3) is 10.9 Å². The highest BCUT2D eigenvalue weighted by Crippen LogP contribution is 2.52. The van der Waals surface area contributed by atoms with E-state index >= 15 is 0 Å². The standard InChI is InChI=1S/C18H18FN3O4/c1-25-14-5-8-11(4-9(14)17(20)23)21-3-2-13(8)26-7-12-15-10(6-19)16(15)18(24)22-12/h2-5,10,12,15-16H,6-7H2,1H3,(H2,20,23)(H,22,24). The van der Waals surface area contributed by atoms with Crippen LogP contribution in [0, 0.1) is 17.8 Å². The van der Waals surface area contributed by atoms with E-state index in [9.17, 15) is 14.0 Å². The summed E-state index contributed by atoms with van der Waals surface area (Å²) >= 11 is 0. The second-order valence-electron chi connectivity index (χ2n) is 6.59. The molecule has 26 heavy (non-hydrogen) atoms. The van der Waals surface area contributed by atoms with Gasteiger partial charge in [-0.25, -0.2) is 0 Å². The first-order valence-electron chi connectivity index (χ1n) is 8.31. The van der Waals surface area contributed by atoms with E-state index in [1.54, 1.807) is 24.4 Å². The SMILES string of the molecule is COc1cc2c(OCC3NC(=O)C4C(CF)C34)ccnc2cc1C(N)=O. The molecule has 8 heteroatoms. The molecule has 1 aromatic heterocycles. The molecule has 136 valence electrons. The summed E-state index contributed by atoms with van der Waals surface area (Å²) in [4.78, 5) is 27.6. The van der Waals surface area contributed by atoms with Gasteiger partial charge in [0.15, 0.2) is 0 Å². The highest BCUT2D eigenvalue weighted by molar-refractivity contribution is 6.01. The number of fused-ring (bicyclic) bond motifs is 2. The molecular formula is C18H18FN3O4. The van der Waals surface area contributed by atoms with Crippen molar-refractivity contribution in [3.63, 3.8) is 0 Å². The molecule has 0 radical (unpaired) electrons. The van der Waals surface area contributed by atoms with Gasteiger partial charge in [-0.1, -0.05) is 0 Å². The molecule has 7 nitrogen and oxygen atoms in total. The number of methoxy groups -OCH3 is 1. The smallest absolute Gasteiger partial charge is 0.252 e. The van der Waals surface area contributed by atoms with Gasteiger partial charge >= 0.3 is 0 Å². The second kappa shape index (κ2) is 6.12. The molecule has 0 bridgehead atoms. The summed E-state index contributed by atoms with van der Waals surface area (Å²) in [7, 11) is 1.45. The summed E-state index contributed by atoms with van der Waals surface area (Å²) in [6, 6.07) is 4.69. The zero-order valence-electron chi connectivity index (χ0n) is 14.1. The Hall–Kier alpha value is -2.90. The van der Waals surface area contributed by atoms with E-state index in [1.807, 2.05) is 0 Å². The molecule has 2 aliphatic rings. The van der Waals surface area contributed by atoms with Crippen LogP contribution in [0.15, 0.2) is 24.4 Å². The molecule has 4 atom stereocenters. The molecular weight excluding hydrogens is 341 g/mol. The second-order valence-corrected chi connectivity index (χ2v) is 6.59. The van der Waals surface area contributed by atoms with Gasteiger partial charge in [0.2, 0.25) is 5.91 Å². The van der Waals surface area contributed by atoms with Crippen molar-refractivity contribution < 1.29 is 23.5 Å². The van der Waals surface area contributed by atoms with E-state index < -0.39 is 12.6 Å². The van der Waals surface area contributed by atoms with Crippen LogP contribution in [-0.2, 0) is 4.79 Å². The van der Waals surface area contributed by atoms with Crippen molar-refractivity contribution in [3.05, 3.63) is 30.0 Å². The van der Waals surface area contributed by atoms with Gasteiger partial charge in [-0.15, -0.1) is 0 Å². The summed E-state index contributed by atoms with van der Waals surface area (Å²) in [5, 5.41) is 3.51. The fourth-order valence-corrected chi connectivity index (χ4v) is 3.86. The molecule has 2 fully saturated rings. The van der Waals surface area contributed by atoms with E-state index in [2.05, 4.69) is 10.3 Å². The summed E-state index contributed by atoms with van der Waals surface area (Å²) in [5.74, 6) is -0.250. The van der Waals surface area contributed by atoms with Crippen LogP contribution < -0.4 is 20.5 Å². The van der Waals surface area contributed by atoms with E-state index in [0.29, 0.717) is 22.4 Å². The molecule has 1 saturated heterocycles. The number of halogens is 1. The third-order valence-electron chi connectivity index (χ3n) is 5.21. The van der Waals surface area contributed by atoms with Gasteiger partial charge in [0, 0.05) is 29.3 Å². The number of piperidine rings is 1. The number of alkyl halides is 1. The van der Waals surface area contributed by atoms with Crippen LogP contribution in [0.2, 0.25) is 0 Å². The number of ether oxygens (including phenoxy) is 2. The summed E-state index contributed by atoms with van der Waals surface area (Å²) in [6.07, 6.45) is 1.56. The minimum absolute atomic E-state index is 0.00315. The molecule has 4 rings (SSSR count). The number of nitrogens with zero attached hydrogens (tertiary/aromatic N) is 1. The molecule has 1 aromatic carbocycles. The maximum absolute atomic E-state index is 12.9. The van der Waals surface area contributed by atoms with Crippen molar-refractivity contribution in [3.8, 4) is 11.5 Å². The number of carbonyl (C=O) groups is 2. The van der Waals surface area contributed by atoms with E-state index in [1.165, 1.54) is 7.11 Å². The Kier molecular flexibility index (Phi) is 3.90. The Balaban J connectivity index is 1.59. The van der Waals surface area contributed by atoms with Crippen LogP contribution in [0.4, 0.5) is 4.39 Å². The monoisotopic (exact) mass is 359 g/mol. The maximum atomic E-state index is 12.9. The number of carbonyl (C=O) groups excluding carboxylic acids is 2. The summed E-state index contributed by atoms with van der Waals surface area (Å²) in [5.41, 5.74) is 6.15. The summed E-state index contributed by atoms with van der Waals surface area (Å²) in [6.45, 7) is -0.243. The van der Waals surface area contributed by atoms with Crippen LogP contribution in [0.3, 0.4) is 0 Å². The third-order valence-corrected chi connectivity index (χ3v) is 5.21. The van der Waals surface area contributed by atoms with Crippen LogP contribution >= 0.6 is 0 Å². The minimum Gasteiger partial charge on any atom is -0.496 e. The van der Waals surface area contributed by atoms with Crippen LogP contribution in [-0.4, -0.2) is 43.2 Å². The van der Waals surface area contributed by atoms with E-state index in [4.69, 9.17) is 15.2 Å². The number of primary amides is 1. The summed E-state index contributed by atoms with van der Waals surface area (Å²) < 4.78 is 24.0. The number of pyridine rings is 1. The number of aromatic nitrogens is 1. The molecule has 2 amide bonds. The molecule has 1 saturated carbocycles. The molecule has 0 spiro atoms. The number of benzene rings is 1. The first kappa shape index (κ1) is 16.6. The van der Waals surface area contributed by atoms with Crippen molar-refractivity contribution in [1.29, 1.82) is 0 Å². The Morgan fingerprint density at radius 1 is 1.38 bits per heavy atom. The predicted molar refractivity (Wildman–Crippen MR) is 90.7 cm³/mol. The lowest BCUT2D eigenvalue weighted by molar-refractivity contribution is -0.121. The van der Waals surface area contributed by atoms with E-state index in [-0.39, 0.29) is 41.9 Å². The highest BCUT2D eigenvalue weighted by Gasteiger charge is 2.63. The first-order valence-corrected chi connectivity index (χ1v) is 8.31. The average molecular weight is 359 g/mol. The minimum atomic E-state index is -0.609. The molecule has 2 heterocycles. The van der Waals surface area contributed by atoms with Gasteiger partial charge < -0.3 is 20.5 Å². The fraction of sp³-hybridized carbons (Fsp3) is 0.389. The molecule has 3 N–H and O–H groups in total. The van der Waals surface area contributed by atoms with Crippen molar-refractivity contribution in [2.24, 2.45) is 23.5 Å². The van der Waals surface area contributed by atoms with Crippen molar-refractivity contribution in [2.45, 2.75) is 6.04 Å². The van der Waals surface area contributed by atoms with Crippen molar-refractivity contribution in [2.75, 3.05) is 20.4 Å². The topological polar surface area (TPSA) is 104 Å². The molecule has 4 unspecified atom stereocenters. The number of hydrogen-bond donors (Lipinski definition) is 2. The largest absolute Gasteiger partial charge is 0.496 e. The van der Waals surface area contributed by atoms with Crippen LogP contribution in [0.1, 0.15) is 10.4 Å². The van der Waals surface area contributed by atoms with Gasteiger partial charge in [0.1, 0.15) is 18.1 Å². The number of rotatable bonds is 6. The van der Waals surface area contributed by atoms with Crippen molar-refractivity contribution in [1.82, 2.24) is 10.3 Å². The zero-order valence-corrected chi connectivity index (χ0v) is 14.1. The maximum Gasteiger partial charge on any atom is 0.252 e. The zero-order chi connectivity index (χ0) is 18.4. The number of hydrogen-bond acceptors (Lipinski definition) is 5. The Morgan fingerprint density at radius 3 is 2.85 bits per heavy atom. The Labute approximate surface area is 148 Å². The van der Waals surface area contributed by atoms with Gasteiger partial charge in [0.05, 0.1) is 30.9 Å². The fourth-order valence-electron chi connectivity index (χ4n) is 3.86. The Bertz CT molecular complexity index is 903. The van der Waals surface area contributed by atoms with Gasteiger partial charge in [-0.3, -0.25) is 19.0 Å². The van der Waals surface area contributed by atoms with Crippen LogP contribution in [0.5, 0.6) is 11.5 Å². The lowest BCUT2D eigenvalue weighted by atomic mass is 10.1. The molecule has 1 aliphatic carbocycles. The van der Waals surface area contributed by atoms with Gasteiger partial charge in [-0.2, -0.15) is 0 Å². The molecule has 2 aromatic rings. The molecule has 1 aliphatic heterocycles. The Morgan fingerprint density at radius 2 is 2.19 bits per heavy atom. The van der Waals surface area contributed by atoms with Crippen molar-refractivity contribution >= 4 is 22.7 Å². The lowest BCUT2D eigenvalue weighted by Crippen LogP contribution is -2.37. The van der Waals surface area contributed by atoms with E-state index in [0.717, 1.165) is 0 Å². The number of amides is 2. The lowest BCUT2D eigenvalue weighted by Gasteiger charge is -2.17. The van der Waals surface area contributed by atoms with Gasteiger partial charge in [-0.05, 0) is 18.2 Å². The first-order chi connectivity index (χ1) is 12.5. The predicted octanol–water partition coefficient (Wildman–Crippen LogP) is 1.05. The van der Waals surface area contributed by atoms with Gasteiger partial charge in [0.25, 0.3) is 5.91 Å².